The monoisotopic (exact) mass is 459 g/mol. The normalized spacial score (nSPS) is 18.7. The molecule has 7 unspecified atom stereocenters. The van der Waals surface area contributed by atoms with Crippen molar-refractivity contribution in [2.24, 2.45) is 35.3 Å². The van der Waals surface area contributed by atoms with E-state index in [1.807, 2.05) is 59.8 Å². The first kappa shape index (κ1) is 28.9. The van der Waals surface area contributed by atoms with Gasteiger partial charge in [-0.2, -0.15) is 0 Å². The van der Waals surface area contributed by atoms with Gasteiger partial charge < -0.3 is 20.7 Å². The number of hydrogen-bond donors (Lipinski definition) is 3. The molecule has 0 saturated carbocycles. The van der Waals surface area contributed by atoms with E-state index >= 15 is 0 Å². The number of aryl methyl sites for hydroxylation is 1. The predicted octanol–water partition coefficient (Wildman–Crippen LogP) is 5.51. The van der Waals surface area contributed by atoms with Gasteiger partial charge in [0.25, 0.3) is 0 Å². The minimum atomic E-state index is -0.814. The van der Waals surface area contributed by atoms with Crippen molar-refractivity contribution < 1.29 is 19.7 Å². The Balaban J connectivity index is 2.50. The number of carbonyl (C=O) groups excluding carboxylic acids is 1. The van der Waals surface area contributed by atoms with Crippen molar-refractivity contribution in [3.05, 3.63) is 60.2 Å². The number of primary amides is 1. The SMILES string of the molecule is CC(C)C(OC(N)=O)C(C)C(O)C(C)CC=CC(C)C(O)C(C)C=CCCc1ccccc1. The summed E-state index contributed by atoms with van der Waals surface area (Å²) < 4.78 is 5.23. The fourth-order valence-corrected chi connectivity index (χ4v) is 4.26. The van der Waals surface area contributed by atoms with E-state index in [2.05, 4.69) is 36.4 Å². The van der Waals surface area contributed by atoms with Gasteiger partial charge in [0.15, 0.2) is 0 Å². The highest BCUT2D eigenvalue weighted by atomic mass is 16.6. The lowest BCUT2D eigenvalue weighted by molar-refractivity contribution is -0.0308. The van der Waals surface area contributed by atoms with Crippen LogP contribution in [-0.4, -0.2) is 34.6 Å². The molecule has 0 aliphatic heterocycles. The summed E-state index contributed by atoms with van der Waals surface area (Å²) in [6, 6.07) is 10.4. The summed E-state index contributed by atoms with van der Waals surface area (Å²) in [6.45, 7) is 11.8. The van der Waals surface area contributed by atoms with Crippen LogP contribution < -0.4 is 5.73 Å². The Hall–Kier alpha value is -2.11. The molecule has 7 atom stereocenters. The molecule has 0 saturated heterocycles. The number of benzene rings is 1. The molecule has 4 N–H and O–H groups in total. The van der Waals surface area contributed by atoms with Crippen LogP contribution >= 0.6 is 0 Å². The lowest BCUT2D eigenvalue weighted by Crippen LogP contribution is -2.40. The maximum Gasteiger partial charge on any atom is 0.404 e. The van der Waals surface area contributed by atoms with E-state index in [1.54, 1.807) is 0 Å². The summed E-state index contributed by atoms with van der Waals surface area (Å²) in [5.74, 6) is -0.135. The number of ether oxygens (including phenoxy) is 1. The molecule has 1 aromatic carbocycles. The smallest absolute Gasteiger partial charge is 0.404 e. The molecular weight excluding hydrogens is 414 g/mol. The number of carbonyl (C=O) groups is 1. The van der Waals surface area contributed by atoms with Gasteiger partial charge in [-0.15, -0.1) is 0 Å². The molecule has 0 aliphatic rings. The molecule has 1 rings (SSSR count). The average molecular weight is 460 g/mol. The van der Waals surface area contributed by atoms with E-state index in [9.17, 15) is 15.0 Å². The van der Waals surface area contributed by atoms with E-state index in [0.717, 1.165) is 12.8 Å². The maximum absolute atomic E-state index is 11.2. The fourth-order valence-electron chi connectivity index (χ4n) is 4.26. The second kappa shape index (κ2) is 14.9. The summed E-state index contributed by atoms with van der Waals surface area (Å²) in [4.78, 5) is 11.2. The highest BCUT2D eigenvalue weighted by Crippen LogP contribution is 2.26. The van der Waals surface area contributed by atoms with Crippen LogP contribution in [0.3, 0.4) is 0 Å². The number of nitrogens with two attached hydrogens (primary N) is 1. The van der Waals surface area contributed by atoms with Crippen molar-refractivity contribution in [2.75, 3.05) is 0 Å². The lowest BCUT2D eigenvalue weighted by Gasteiger charge is -2.32. The standard InChI is InChI=1S/C28H45NO4/c1-19(2)27(33-28(29)32)23(6)26(31)22(5)15-12-14-21(4)25(30)20(3)13-10-11-18-24-16-8-7-9-17-24/h7-10,12-14,16-17,19-23,25-27,30-31H,11,15,18H2,1-6H3,(H2,29,32). The lowest BCUT2D eigenvalue weighted by atomic mass is 9.83. The number of aliphatic hydroxyl groups excluding tert-OH is 2. The zero-order valence-electron chi connectivity index (χ0n) is 21.2. The van der Waals surface area contributed by atoms with Crippen molar-refractivity contribution in [1.29, 1.82) is 0 Å². The Labute approximate surface area is 200 Å². The van der Waals surface area contributed by atoms with E-state index < -0.39 is 24.4 Å². The van der Waals surface area contributed by atoms with Crippen LogP contribution in [0.25, 0.3) is 0 Å². The summed E-state index contributed by atoms with van der Waals surface area (Å²) in [5, 5.41) is 21.4. The van der Waals surface area contributed by atoms with Crippen LogP contribution in [0.4, 0.5) is 4.79 Å². The van der Waals surface area contributed by atoms with Gasteiger partial charge in [-0.25, -0.2) is 4.79 Å². The summed E-state index contributed by atoms with van der Waals surface area (Å²) >= 11 is 0. The second-order valence-corrected chi connectivity index (χ2v) is 9.80. The Morgan fingerprint density at radius 2 is 1.52 bits per heavy atom. The molecule has 0 aliphatic carbocycles. The summed E-state index contributed by atoms with van der Waals surface area (Å²) in [6.07, 6.45) is 8.57. The van der Waals surface area contributed by atoms with Gasteiger partial charge in [-0.05, 0) is 36.7 Å². The first-order chi connectivity index (χ1) is 15.5. The van der Waals surface area contributed by atoms with Crippen LogP contribution in [0.15, 0.2) is 54.6 Å². The summed E-state index contributed by atoms with van der Waals surface area (Å²) in [7, 11) is 0. The molecule has 0 heterocycles. The van der Waals surface area contributed by atoms with Gasteiger partial charge in [0, 0.05) is 17.8 Å². The minimum Gasteiger partial charge on any atom is -0.446 e. The molecule has 0 aromatic heterocycles. The van der Waals surface area contributed by atoms with Gasteiger partial charge in [0.05, 0.1) is 12.2 Å². The molecular formula is C28H45NO4. The van der Waals surface area contributed by atoms with Gasteiger partial charge in [-0.3, -0.25) is 0 Å². The van der Waals surface area contributed by atoms with Gasteiger partial charge in [0.2, 0.25) is 0 Å². The van der Waals surface area contributed by atoms with Crippen molar-refractivity contribution >= 4 is 6.09 Å². The van der Waals surface area contributed by atoms with E-state index in [4.69, 9.17) is 10.5 Å². The molecule has 186 valence electrons. The topological polar surface area (TPSA) is 92.8 Å². The third-order valence-corrected chi connectivity index (χ3v) is 6.46. The van der Waals surface area contributed by atoms with Crippen molar-refractivity contribution in [3.63, 3.8) is 0 Å². The molecule has 0 bridgehead atoms. The number of allylic oxidation sites excluding steroid dienone is 2. The number of hydrogen-bond acceptors (Lipinski definition) is 4. The molecule has 0 radical (unpaired) electrons. The quantitative estimate of drug-likeness (QED) is 0.320. The van der Waals surface area contributed by atoms with Crippen LogP contribution in [0, 0.1) is 29.6 Å². The third-order valence-electron chi connectivity index (χ3n) is 6.46. The molecule has 5 nitrogen and oxygen atoms in total. The van der Waals surface area contributed by atoms with Gasteiger partial charge in [0.1, 0.15) is 6.10 Å². The van der Waals surface area contributed by atoms with E-state index in [0.29, 0.717) is 6.42 Å². The minimum absolute atomic E-state index is 0.00199. The van der Waals surface area contributed by atoms with Crippen molar-refractivity contribution in [1.82, 2.24) is 0 Å². The number of aliphatic hydroxyl groups is 2. The fraction of sp³-hybridized carbons (Fsp3) is 0.607. The average Bonchev–Trinajstić information content (AvgIpc) is 2.78. The molecule has 1 aromatic rings. The Morgan fingerprint density at radius 3 is 2.06 bits per heavy atom. The van der Waals surface area contributed by atoms with E-state index in [1.165, 1.54) is 5.56 Å². The van der Waals surface area contributed by atoms with Crippen LogP contribution in [0.5, 0.6) is 0 Å². The molecule has 5 heteroatoms. The number of rotatable bonds is 14. The maximum atomic E-state index is 11.2. The number of amides is 1. The van der Waals surface area contributed by atoms with Gasteiger partial charge >= 0.3 is 6.09 Å². The highest BCUT2D eigenvalue weighted by molar-refractivity contribution is 5.64. The van der Waals surface area contributed by atoms with Crippen LogP contribution in [0.1, 0.15) is 59.9 Å². The Bertz CT molecular complexity index is 731. The largest absolute Gasteiger partial charge is 0.446 e. The molecule has 0 fully saturated rings. The van der Waals surface area contributed by atoms with E-state index in [-0.39, 0.29) is 29.6 Å². The molecule has 1 amide bonds. The third kappa shape index (κ3) is 10.6. The highest BCUT2D eigenvalue weighted by Gasteiger charge is 2.32. The zero-order valence-corrected chi connectivity index (χ0v) is 21.2. The zero-order chi connectivity index (χ0) is 25.0. The Morgan fingerprint density at radius 1 is 0.939 bits per heavy atom. The van der Waals surface area contributed by atoms with Crippen molar-refractivity contribution in [2.45, 2.75) is 79.1 Å². The first-order valence-electron chi connectivity index (χ1n) is 12.2. The van der Waals surface area contributed by atoms with Crippen LogP contribution in [0.2, 0.25) is 0 Å². The van der Waals surface area contributed by atoms with Gasteiger partial charge in [-0.1, -0.05) is 96.2 Å². The summed E-state index contributed by atoms with van der Waals surface area (Å²) in [5.41, 5.74) is 6.51. The molecule has 0 spiro atoms. The second-order valence-electron chi connectivity index (χ2n) is 9.80. The molecule has 33 heavy (non-hydrogen) atoms. The van der Waals surface area contributed by atoms with Crippen LogP contribution in [-0.2, 0) is 11.2 Å². The predicted molar refractivity (Wildman–Crippen MR) is 136 cm³/mol. The Kier molecular flexibility index (Phi) is 13.1. The first-order valence-corrected chi connectivity index (χ1v) is 12.2. The van der Waals surface area contributed by atoms with Crippen molar-refractivity contribution in [3.8, 4) is 0 Å².